The summed E-state index contributed by atoms with van der Waals surface area (Å²) >= 11 is 0. The zero-order valence-electron chi connectivity index (χ0n) is 23.5. The summed E-state index contributed by atoms with van der Waals surface area (Å²) in [4.78, 5) is 36.3. The molecule has 0 atom stereocenters. The number of hydrogen-bond acceptors (Lipinski definition) is 7. The standard InChI is InChI=1S/C31H36FN5O4/c1-3-33-30(38)23-12-22(13-25(32)14-23)29-34-9-6-28(36-29)37-10-7-20(8-11-37)18-35-31(39)24-15-26(40-2)17-27(16-24)41-19-21-4-5-21/h6,9,12-17,20-21H,3-5,7-8,10-11,18-19H2,1-2H3,(H,33,38)(H,35,39). The Hall–Kier alpha value is -4.21. The van der Waals surface area contributed by atoms with Gasteiger partial charge in [-0.1, -0.05) is 0 Å². The zero-order chi connectivity index (χ0) is 28.8. The first-order valence-electron chi connectivity index (χ1n) is 14.2. The fourth-order valence-electron chi connectivity index (χ4n) is 4.88. The summed E-state index contributed by atoms with van der Waals surface area (Å²) in [6.45, 7) is 5.03. The molecule has 0 bridgehead atoms. The highest BCUT2D eigenvalue weighted by Gasteiger charge is 2.24. The lowest BCUT2D eigenvalue weighted by atomic mass is 9.96. The fraction of sp³-hybridized carbons (Fsp3) is 0.419. The number of nitrogens with one attached hydrogen (secondary N) is 2. The molecule has 1 aliphatic heterocycles. The van der Waals surface area contributed by atoms with E-state index in [1.807, 2.05) is 19.1 Å². The van der Waals surface area contributed by atoms with Gasteiger partial charge in [0.25, 0.3) is 11.8 Å². The first-order chi connectivity index (χ1) is 19.9. The lowest BCUT2D eigenvalue weighted by molar-refractivity contribution is 0.0940. The fourth-order valence-corrected chi connectivity index (χ4v) is 4.88. The second kappa shape index (κ2) is 13.0. The van der Waals surface area contributed by atoms with Gasteiger partial charge in [-0.15, -0.1) is 0 Å². The van der Waals surface area contributed by atoms with Crippen molar-refractivity contribution in [2.45, 2.75) is 32.6 Å². The number of aromatic nitrogens is 2. The van der Waals surface area contributed by atoms with Gasteiger partial charge in [-0.3, -0.25) is 9.59 Å². The van der Waals surface area contributed by atoms with Crippen LogP contribution in [-0.2, 0) is 0 Å². The average Bonchev–Trinajstić information content (AvgIpc) is 3.83. The largest absolute Gasteiger partial charge is 0.497 e. The Morgan fingerprint density at radius 3 is 2.41 bits per heavy atom. The van der Waals surface area contributed by atoms with Crippen LogP contribution in [0.3, 0.4) is 0 Å². The lowest BCUT2D eigenvalue weighted by Crippen LogP contribution is -2.39. The van der Waals surface area contributed by atoms with Crippen LogP contribution in [0.1, 0.15) is 53.3 Å². The molecule has 2 aliphatic rings. The third-order valence-electron chi connectivity index (χ3n) is 7.45. The van der Waals surface area contributed by atoms with Gasteiger partial charge in [-0.2, -0.15) is 0 Å². The molecule has 1 saturated heterocycles. The molecule has 2 amide bonds. The summed E-state index contributed by atoms with van der Waals surface area (Å²) in [5.41, 5.74) is 1.20. The van der Waals surface area contributed by atoms with Gasteiger partial charge in [0.2, 0.25) is 0 Å². The zero-order valence-corrected chi connectivity index (χ0v) is 23.5. The highest BCUT2D eigenvalue weighted by atomic mass is 19.1. The number of carbonyl (C=O) groups excluding carboxylic acids is 2. The summed E-state index contributed by atoms with van der Waals surface area (Å²) in [5, 5.41) is 5.76. The van der Waals surface area contributed by atoms with E-state index >= 15 is 0 Å². The number of rotatable bonds is 11. The van der Waals surface area contributed by atoms with E-state index in [4.69, 9.17) is 9.47 Å². The molecule has 3 aromatic rings. The van der Waals surface area contributed by atoms with Crippen LogP contribution in [0.5, 0.6) is 11.5 Å². The summed E-state index contributed by atoms with van der Waals surface area (Å²) in [6, 6.07) is 11.3. The van der Waals surface area contributed by atoms with Crippen LogP contribution >= 0.6 is 0 Å². The van der Waals surface area contributed by atoms with Crippen molar-refractivity contribution in [1.29, 1.82) is 0 Å². The van der Waals surface area contributed by atoms with E-state index in [0.717, 1.165) is 31.7 Å². The Bertz CT molecular complexity index is 1390. The minimum atomic E-state index is -0.517. The number of piperidine rings is 1. The molecule has 41 heavy (non-hydrogen) atoms. The van der Waals surface area contributed by atoms with Gasteiger partial charge in [0.05, 0.1) is 13.7 Å². The van der Waals surface area contributed by atoms with Crippen molar-refractivity contribution in [2.24, 2.45) is 11.8 Å². The topological polar surface area (TPSA) is 106 Å². The number of carbonyl (C=O) groups is 2. The molecule has 2 aromatic carbocycles. The molecule has 1 saturated carbocycles. The second-order valence-electron chi connectivity index (χ2n) is 10.6. The van der Waals surface area contributed by atoms with Crippen LogP contribution in [-0.4, -0.2) is 61.7 Å². The molecule has 1 aliphatic carbocycles. The molecule has 1 aromatic heterocycles. The highest BCUT2D eigenvalue weighted by Crippen LogP contribution is 2.31. The van der Waals surface area contributed by atoms with Gasteiger partial charge in [0, 0.05) is 55.1 Å². The Balaban J connectivity index is 1.16. The number of anilines is 1. The molecular weight excluding hydrogens is 525 g/mol. The summed E-state index contributed by atoms with van der Waals surface area (Å²) in [7, 11) is 1.58. The minimum Gasteiger partial charge on any atom is -0.497 e. The monoisotopic (exact) mass is 561 g/mol. The highest BCUT2D eigenvalue weighted by molar-refractivity contribution is 5.95. The maximum atomic E-state index is 14.3. The van der Waals surface area contributed by atoms with Crippen LogP contribution in [0.4, 0.5) is 10.2 Å². The van der Waals surface area contributed by atoms with Crippen molar-refractivity contribution in [1.82, 2.24) is 20.6 Å². The van der Waals surface area contributed by atoms with E-state index in [-0.39, 0.29) is 17.4 Å². The Labute approximate surface area is 239 Å². The number of nitrogens with zero attached hydrogens (tertiary/aromatic N) is 3. The molecule has 2 heterocycles. The molecular formula is C31H36FN5O4. The van der Waals surface area contributed by atoms with Crippen molar-refractivity contribution in [3.05, 3.63) is 65.6 Å². The van der Waals surface area contributed by atoms with E-state index in [2.05, 4.69) is 25.5 Å². The van der Waals surface area contributed by atoms with Crippen molar-refractivity contribution >= 4 is 17.6 Å². The SMILES string of the molecule is CCNC(=O)c1cc(F)cc(-c2nccc(N3CCC(CNC(=O)c4cc(OC)cc(OCC5CC5)c4)CC3)n2)c1. The molecule has 0 radical (unpaired) electrons. The number of halogens is 1. The normalized spacial score (nSPS) is 15.3. The summed E-state index contributed by atoms with van der Waals surface area (Å²) in [5.74, 6) is 2.30. The van der Waals surface area contributed by atoms with Gasteiger partial charge in [-0.25, -0.2) is 14.4 Å². The van der Waals surface area contributed by atoms with E-state index in [0.29, 0.717) is 60.0 Å². The molecule has 10 heteroatoms. The maximum Gasteiger partial charge on any atom is 0.251 e. The number of ether oxygens (including phenoxy) is 2. The van der Waals surface area contributed by atoms with Crippen molar-refractivity contribution in [3.8, 4) is 22.9 Å². The Morgan fingerprint density at radius 1 is 0.951 bits per heavy atom. The predicted octanol–water partition coefficient (Wildman–Crippen LogP) is 4.48. The van der Waals surface area contributed by atoms with E-state index < -0.39 is 5.82 Å². The molecule has 5 rings (SSSR count). The Kier molecular flexibility index (Phi) is 8.96. The van der Waals surface area contributed by atoms with Crippen LogP contribution in [0.2, 0.25) is 0 Å². The molecule has 0 unspecified atom stereocenters. The first kappa shape index (κ1) is 28.3. The molecule has 2 N–H and O–H groups in total. The predicted molar refractivity (Wildman–Crippen MR) is 154 cm³/mol. The van der Waals surface area contributed by atoms with Gasteiger partial charge < -0.3 is 25.0 Å². The molecule has 0 spiro atoms. The van der Waals surface area contributed by atoms with Crippen molar-refractivity contribution < 1.29 is 23.5 Å². The second-order valence-corrected chi connectivity index (χ2v) is 10.6. The molecule has 9 nitrogen and oxygen atoms in total. The summed E-state index contributed by atoms with van der Waals surface area (Å²) < 4.78 is 25.5. The van der Waals surface area contributed by atoms with Gasteiger partial charge >= 0.3 is 0 Å². The van der Waals surface area contributed by atoms with E-state index in [1.54, 1.807) is 31.5 Å². The smallest absolute Gasteiger partial charge is 0.251 e. The van der Waals surface area contributed by atoms with Gasteiger partial charge in [0.1, 0.15) is 23.1 Å². The van der Waals surface area contributed by atoms with Crippen LogP contribution in [0.15, 0.2) is 48.7 Å². The van der Waals surface area contributed by atoms with Crippen molar-refractivity contribution in [2.75, 3.05) is 44.8 Å². The van der Waals surface area contributed by atoms with Crippen molar-refractivity contribution in [3.63, 3.8) is 0 Å². The third kappa shape index (κ3) is 7.50. The number of hydrogen-bond donors (Lipinski definition) is 2. The number of benzene rings is 2. The first-order valence-corrected chi connectivity index (χ1v) is 14.2. The van der Waals surface area contributed by atoms with Crippen LogP contribution in [0.25, 0.3) is 11.4 Å². The van der Waals surface area contributed by atoms with Crippen LogP contribution in [0, 0.1) is 17.7 Å². The Morgan fingerprint density at radius 2 is 1.68 bits per heavy atom. The van der Waals surface area contributed by atoms with Gasteiger partial charge in [-0.05, 0) is 80.8 Å². The van der Waals surface area contributed by atoms with Crippen LogP contribution < -0.4 is 25.0 Å². The molecule has 2 fully saturated rings. The third-order valence-corrected chi connectivity index (χ3v) is 7.45. The molecule has 216 valence electrons. The van der Waals surface area contributed by atoms with E-state index in [1.165, 1.54) is 25.0 Å². The number of methoxy groups -OCH3 is 1. The minimum absolute atomic E-state index is 0.148. The average molecular weight is 562 g/mol. The number of amides is 2. The maximum absolute atomic E-state index is 14.3. The van der Waals surface area contributed by atoms with Gasteiger partial charge in [0.15, 0.2) is 5.82 Å². The lowest BCUT2D eigenvalue weighted by Gasteiger charge is -2.33. The van der Waals surface area contributed by atoms with E-state index in [9.17, 15) is 14.0 Å². The quantitative estimate of drug-likeness (QED) is 0.356. The summed E-state index contributed by atoms with van der Waals surface area (Å²) in [6.07, 6.45) is 5.81.